The van der Waals surface area contributed by atoms with E-state index in [2.05, 4.69) is 15.9 Å². The van der Waals surface area contributed by atoms with Crippen LogP contribution in [0.3, 0.4) is 0 Å². The molecule has 0 amide bonds. The SMILES string of the molecule is O=[N+]([O-])c1cccc([C@H]2Oc3ccc(Br)cc3[C@@H]3CC(c4ccc(F)cc4)=NN23)c1. The first-order chi connectivity index (χ1) is 14.5. The fraction of sp³-hybridized carbons (Fsp3) is 0.136. The summed E-state index contributed by atoms with van der Waals surface area (Å²) >= 11 is 3.51. The van der Waals surface area contributed by atoms with Crippen LogP contribution in [0.5, 0.6) is 5.75 Å². The van der Waals surface area contributed by atoms with Crippen LogP contribution in [0, 0.1) is 15.9 Å². The normalized spacial score (nSPS) is 19.5. The van der Waals surface area contributed by atoms with Gasteiger partial charge in [0.2, 0.25) is 6.23 Å². The molecular formula is C22H15BrFN3O3. The smallest absolute Gasteiger partial charge is 0.269 e. The van der Waals surface area contributed by atoms with E-state index < -0.39 is 11.2 Å². The average molecular weight is 468 g/mol. The Morgan fingerprint density at radius 1 is 1.13 bits per heavy atom. The minimum atomic E-state index is -0.610. The summed E-state index contributed by atoms with van der Waals surface area (Å²) in [6.45, 7) is 0. The van der Waals surface area contributed by atoms with Crippen molar-refractivity contribution >= 4 is 27.3 Å². The van der Waals surface area contributed by atoms with Crippen molar-refractivity contribution in [3.05, 3.63) is 104 Å². The number of halogens is 2. The maximum atomic E-state index is 13.4. The van der Waals surface area contributed by atoms with Gasteiger partial charge in [0.25, 0.3) is 5.69 Å². The van der Waals surface area contributed by atoms with E-state index in [0.29, 0.717) is 17.7 Å². The van der Waals surface area contributed by atoms with Crippen molar-refractivity contribution in [2.75, 3.05) is 0 Å². The Hall–Kier alpha value is -3.26. The molecule has 0 saturated heterocycles. The standard InChI is InChI=1S/C22H15BrFN3O3/c23-15-6-9-21-18(11-15)20-12-19(13-4-7-16(24)8-5-13)25-26(20)22(30-21)14-2-1-3-17(10-14)27(28)29/h1-11,20,22H,12H2/t20-,22+/m0/s1. The first kappa shape index (κ1) is 18.7. The maximum Gasteiger partial charge on any atom is 0.269 e. The van der Waals surface area contributed by atoms with Gasteiger partial charge in [0.1, 0.15) is 11.6 Å². The van der Waals surface area contributed by atoms with Crippen LogP contribution in [0.4, 0.5) is 10.1 Å². The summed E-state index contributed by atoms with van der Waals surface area (Å²) in [7, 11) is 0. The first-order valence-electron chi connectivity index (χ1n) is 9.32. The molecule has 2 aliphatic rings. The highest BCUT2D eigenvalue weighted by atomic mass is 79.9. The fourth-order valence-electron chi connectivity index (χ4n) is 3.89. The van der Waals surface area contributed by atoms with Crippen molar-refractivity contribution in [2.24, 2.45) is 5.10 Å². The summed E-state index contributed by atoms with van der Waals surface area (Å²) in [5.41, 5.74) is 3.27. The summed E-state index contributed by atoms with van der Waals surface area (Å²) in [5, 5.41) is 17.9. The molecule has 6 nitrogen and oxygen atoms in total. The number of nitro groups is 1. The number of hydrogen-bond donors (Lipinski definition) is 0. The summed E-state index contributed by atoms with van der Waals surface area (Å²) in [4.78, 5) is 10.8. The van der Waals surface area contributed by atoms with Crippen LogP contribution in [0.15, 0.2) is 76.3 Å². The zero-order valence-electron chi connectivity index (χ0n) is 15.5. The van der Waals surface area contributed by atoms with E-state index in [0.717, 1.165) is 21.3 Å². The van der Waals surface area contributed by atoms with E-state index in [1.807, 2.05) is 23.2 Å². The second-order valence-corrected chi connectivity index (χ2v) is 8.07. The van der Waals surface area contributed by atoms with E-state index in [-0.39, 0.29) is 17.5 Å². The molecule has 0 spiro atoms. The zero-order valence-corrected chi connectivity index (χ0v) is 17.1. The molecule has 150 valence electrons. The van der Waals surface area contributed by atoms with Crippen molar-refractivity contribution in [1.29, 1.82) is 0 Å². The number of hydrazone groups is 1. The number of ether oxygens (including phenoxy) is 1. The number of nitrogens with zero attached hydrogens (tertiary/aromatic N) is 3. The fourth-order valence-corrected chi connectivity index (χ4v) is 4.27. The van der Waals surface area contributed by atoms with Gasteiger partial charge >= 0.3 is 0 Å². The third-order valence-electron chi connectivity index (χ3n) is 5.30. The molecule has 5 rings (SSSR count). The third kappa shape index (κ3) is 3.23. The molecule has 0 radical (unpaired) electrons. The van der Waals surface area contributed by atoms with Gasteiger partial charge in [-0.2, -0.15) is 5.10 Å². The Morgan fingerprint density at radius 3 is 2.70 bits per heavy atom. The molecule has 0 aromatic heterocycles. The number of non-ortho nitro benzene ring substituents is 1. The summed E-state index contributed by atoms with van der Waals surface area (Å²) in [5.74, 6) is 0.411. The Kier molecular flexibility index (Phi) is 4.51. The molecule has 3 aromatic rings. The van der Waals surface area contributed by atoms with Crippen LogP contribution < -0.4 is 4.74 Å². The first-order valence-corrected chi connectivity index (χ1v) is 10.1. The van der Waals surface area contributed by atoms with Gasteiger partial charge in [-0.25, -0.2) is 9.40 Å². The lowest BCUT2D eigenvalue weighted by Crippen LogP contribution is -2.33. The molecule has 8 heteroatoms. The van der Waals surface area contributed by atoms with Crippen molar-refractivity contribution in [2.45, 2.75) is 18.7 Å². The van der Waals surface area contributed by atoms with Gasteiger partial charge in [-0.1, -0.05) is 40.2 Å². The van der Waals surface area contributed by atoms with Crippen LogP contribution in [0.2, 0.25) is 0 Å². The topological polar surface area (TPSA) is 68.0 Å². The second kappa shape index (κ2) is 7.21. The molecule has 0 unspecified atom stereocenters. The lowest BCUT2D eigenvalue weighted by atomic mass is 9.96. The van der Waals surface area contributed by atoms with E-state index >= 15 is 0 Å². The predicted octanol–water partition coefficient (Wildman–Crippen LogP) is 5.74. The van der Waals surface area contributed by atoms with Crippen LogP contribution in [-0.4, -0.2) is 15.6 Å². The number of rotatable bonds is 3. The molecule has 0 bridgehead atoms. The molecule has 0 N–H and O–H groups in total. The Morgan fingerprint density at radius 2 is 1.93 bits per heavy atom. The number of hydrogen-bond acceptors (Lipinski definition) is 5. The van der Waals surface area contributed by atoms with Gasteiger partial charge in [0.15, 0.2) is 0 Å². The molecule has 0 fully saturated rings. The molecule has 2 atom stereocenters. The highest BCUT2D eigenvalue weighted by molar-refractivity contribution is 9.10. The van der Waals surface area contributed by atoms with E-state index in [1.54, 1.807) is 24.3 Å². The van der Waals surface area contributed by atoms with Crippen molar-refractivity contribution in [3.8, 4) is 5.75 Å². The maximum absolute atomic E-state index is 13.4. The number of nitro benzene ring substituents is 1. The minimum absolute atomic E-state index is 0.00353. The van der Waals surface area contributed by atoms with Gasteiger partial charge in [0, 0.05) is 34.2 Å². The summed E-state index contributed by atoms with van der Waals surface area (Å²) in [6.07, 6.45) is 0.00525. The summed E-state index contributed by atoms with van der Waals surface area (Å²) in [6, 6.07) is 18.3. The van der Waals surface area contributed by atoms with Crippen LogP contribution >= 0.6 is 15.9 Å². The van der Waals surface area contributed by atoms with Gasteiger partial charge < -0.3 is 4.74 Å². The van der Waals surface area contributed by atoms with Gasteiger partial charge in [-0.3, -0.25) is 10.1 Å². The van der Waals surface area contributed by atoms with Crippen molar-refractivity contribution in [1.82, 2.24) is 5.01 Å². The molecule has 0 saturated carbocycles. The largest absolute Gasteiger partial charge is 0.464 e. The van der Waals surface area contributed by atoms with Crippen LogP contribution in [-0.2, 0) is 0 Å². The highest BCUT2D eigenvalue weighted by Gasteiger charge is 2.41. The third-order valence-corrected chi connectivity index (χ3v) is 5.79. The molecular weight excluding hydrogens is 453 g/mol. The van der Waals surface area contributed by atoms with E-state index in [4.69, 9.17) is 9.84 Å². The Balaban J connectivity index is 1.60. The monoisotopic (exact) mass is 467 g/mol. The van der Waals surface area contributed by atoms with Gasteiger partial charge in [-0.15, -0.1) is 0 Å². The lowest BCUT2D eigenvalue weighted by molar-refractivity contribution is -0.385. The van der Waals surface area contributed by atoms with Crippen LogP contribution in [0.1, 0.15) is 35.4 Å². The Labute approximate surface area is 179 Å². The molecule has 2 heterocycles. The lowest BCUT2D eigenvalue weighted by Gasteiger charge is -2.38. The zero-order chi connectivity index (χ0) is 20.8. The van der Waals surface area contributed by atoms with Gasteiger partial charge in [-0.05, 0) is 35.9 Å². The second-order valence-electron chi connectivity index (χ2n) is 7.16. The highest BCUT2D eigenvalue weighted by Crippen LogP contribution is 2.48. The van der Waals surface area contributed by atoms with Gasteiger partial charge in [0.05, 0.1) is 16.7 Å². The average Bonchev–Trinajstić information content (AvgIpc) is 3.19. The number of fused-ring (bicyclic) bond motifs is 3. The number of benzene rings is 3. The molecule has 3 aromatic carbocycles. The summed E-state index contributed by atoms with van der Waals surface area (Å²) < 4.78 is 20.5. The van der Waals surface area contributed by atoms with Crippen LogP contribution in [0.25, 0.3) is 0 Å². The Bertz CT molecular complexity index is 1180. The quantitative estimate of drug-likeness (QED) is 0.363. The van der Waals surface area contributed by atoms with E-state index in [1.165, 1.54) is 24.3 Å². The minimum Gasteiger partial charge on any atom is -0.464 e. The predicted molar refractivity (Wildman–Crippen MR) is 113 cm³/mol. The van der Waals surface area contributed by atoms with Crippen molar-refractivity contribution < 1.29 is 14.1 Å². The molecule has 0 aliphatic carbocycles. The van der Waals surface area contributed by atoms with Crippen molar-refractivity contribution in [3.63, 3.8) is 0 Å². The molecule has 30 heavy (non-hydrogen) atoms. The molecule has 2 aliphatic heterocycles. The van der Waals surface area contributed by atoms with E-state index in [9.17, 15) is 14.5 Å².